The van der Waals surface area contributed by atoms with Gasteiger partial charge in [-0.2, -0.15) is 11.8 Å². The molecule has 6 heteroatoms. The normalized spacial score (nSPS) is 20.6. The Morgan fingerprint density at radius 1 is 1.53 bits per heavy atom. The number of hydrogen-bond acceptors (Lipinski definition) is 5. The largest absolute Gasteiger partial charge is 0.329 e. The summed E-state index contributed by atoms with van der Waals surface area (Å²) >= 11 is 2.05. The monoisotopic (exact) mass is 255 g/mol. The fourth-order valence-electron chi connectivity index (χ4n) is 2.13. The van der Waals surface area contributed by atoms with Gasteiger partial charge in [-0.15, -0.1) is 5.10 Å². The van der Waals surface area contributed by atoms with Gasteiger partial charge in [0.1, 0.15) is 0 Å². The first-order valence-electron chi connectivity index (χ1n) is 6.04. The number of hydrogen-bond donors (Lipinski definition) is 1. The van der Waals surface area contributed by atoms with Crippen molar-refractivity contribution in [1.29, 1.82) is 0 Å². The second-order valence-corrected chi connectivity index (χ2v) is 6.88. The molecule has 1 aromatic rings. The zero-order valence-electron chi connectivity index (χ0n) is 10.6. The lowest BCUT2D eigenvalue weighted by Crippen LogP contribution is -2.42. The van der Waals surface area contributed by atoms with Crippen molar-refractivity contribution in [3.63, 3.8) is 0 Å². The molecular formula is C11H21N5S. The quantitative estimate of drug-likeness (QED) is 0.852. The zero-order valence-corrected chi connectivity index (χ0v) is 11.4. The smallest absolute Gasteiger partial charge is 0.0967 e. The molecule has 1 aromatic heterocycles. The first kappa shape index (κ1) is 12.9. The van der Waals surface area contributed by atoms with E-state index >= 15 is 0 Å². The molecule has 1 saturated heterocycles. The van der Waals surface area contributed by atoms with E-state index in [1.54, 1.807) is 0 Å². The highest BCUT2D eigenvalue weighted by Gasteiger charge is 2.27. The van der Waals surface area contributed by atoms with Gasteiger partial charge in [-0.05, 0) is 13.8 Å². The second-order valence-electron chi connectivity index (χ2n) is 5.08. The minimum Gasteiger partial charge on any atom is -0.329 e. The summed E-state index contributed by atoms with van der Waals surface area (Å²) in [5.74, 6) is 1.20. The Morgan fingerprint density at radius 2 is 2.35 bits per heavy atom. The lowest BCUT2D eigenvalue weighted by atomic mass is 10.2. The topological polar surface area (TPSA) is 60.0 Å². The van der Waals surface area contributed by atoms with E-state index in [1.165, 1.54) is 5.75 Å². The summed E-state index contributed by atoms with van der Waals surface area (Å²) in [6.07, 6.45) is 2.00. The van der Waals surface area contributed by atoms with Crippen LogP contribution in [-0.4, -0.2) is 50.0 Å². The van der Waals surface area contributed by atoms with Gasteiger partial charge in [0.25, 0.3) is 0 Å². The van der Waals surface area contributed by atoms with Gasteiger partial charge < -0.3 is 5.73 Å². The molecule has 0 atom stereocenters. The number of aromatic nitrogens is 3. The molecule has 2 heterocycles. The van der Waals surface area contributed by atoms with E-state index in [-0.39, 0.29) is 0 Å². The van der Waals surface area contributed by atoms with Crippen molar-refractivity contribution in [2.24, 2.45) is 5.73 Å². The van der Waals surface area contributed by atoms with Crippen LogP contribution in [0.2, 0.25) is 0 Å². The Balaban J connectivity index is 1.91. The molecular weight excluding hydrogens is 234 g/mol. The zero-order chi connectivity index (χ0) is 12.3. The Bertz CT molecular complexity index is 362. The van der Waals surface area contributed by atoms with Gasteiger partial charge in [0, 0.05) is 42.9 Å². The van der Waals surface area contributed by atoms with E-state index in [9.17, 15) is 0 Å². The molecule has 1 fully saturated rings. The van der Waals surface area contributed by atoms with Crippen molar-refractivity contribution in [2.45, 2.75) is 31.7 Å². The maximum absolute atomic E-state index is 5.49. The molecule has 0 aliphatic carbocycles. The average Bonchev–Trinajstić information content (AvgIpc) is 2.64. The lowest BCUT2D eigenvalue weighted by molar-refractivity contribution is 0.249. The second kappa shape index (κ2) is 5.37. The van der Waals surface area contributed by atoms with Crippen molar-refractivity contribution >= 4 is 11.8 Å². The molecule has 0 saturated carbocycles. The third kappa shape index (κ3) is 3.69. The van der Waals surface area contributed by atoms with Crippen molar-refractivity contribution < 1.29 is 0 Å². The summed E-state index contributed by atoms with van der Waals surface area (Å²) in [4.78, 5) is 2.45. The summed E-state index contributed by atoms with van der Waals surface area (Å²) in [5, 5.41) is 8.25. The first-order valence-corrected chi connectivity index (χ1v) is 7.03. The molecule has 2 rings (SSSR count). The molecule has 1 aliphatic heterocycles. The first-order chi connectivity index (χ1) is 8.09. The Hall–Kier alpha value is -0.590. The molecule has 0 unspecified atom stereocenters. The minimum absolute atomic E-state index is 0.353. The molecule has 0 amide bonds. The van der Waals surface area contributed by atoms with Crippen LogP contribution in [0, 0.1) is 0 Å². The molecule has 0 radical (unpaired) electrons. The maximum atomic E-state index is 5.49. The van der Waals surface area contributed by atoms with Gasteiger partial charge in [0.05, 0.1) is 12.2 Å². The summed E-state index contributed by atoms with van der Waals surface area (Å²) in [6, 6.07) is 0. The van der Waals surface area contributed by atoms with Gasteiger partial charge >= 0.3 is 0 Å². The minimum atomic E-state index is 0.353. The van der Waals surface area contributed by atoms with E-state index in [0.29, 0.717) is 11.3 Å². The van der Waals surface area contributed by atoms with Crippen molar-refractivity contribution in [3.05, 3.63) is 11.9 Å². The molecule has 0 bridgehead atoms. The molecule has 2 N–H and O–H groups in total. The van der Waals surface area contributed by atoms with E-state index < -0.39 is 0 Å². The van der Waals surface area contributed by atoms with Crippen LogP contribution in [0.5, 0.6) is 0 Å². The highest BCUT2D eigenvalue weighted by atomic mass is 32.2. The predicted octanol–water partition coefficient (Wildman–Crippen LogP) is 0.564. The van der Waals surface area contributed by atoms with Gasteiger partial charge in [-0.25, -0.2) is 0 Å². The van der Waals surface area contributed by atoms with E-state index in [4.69, 9.17) is 5.73 Å². The van der Waals surface area contributed by atoms with Gasteiger partial charge in [-0.1, -0.05) is 5.21 Å². The maximum Gasteiger partial charge on any atom is 0.0967 e. The average molecular weight is 255 g/mol. The molecule has 5 nitrogen and oxygen atoms in total. The third-order valence-electron chi connectivity index (χ3n) is 2.83. The summed E-state index contributed by atoms with van der Waals surface area (Å²) in [5.41, 5.74) is 6.53. The van der Waals surface area contributed by atoms with E-state index in [2.05, 4.69) is 29.1 Å². The van der Waals surface area contributed by atoms with E-state index in [0.717, 1.165) is 31.9 Å². The van der Waals surface area contributed by atoms with Crippen LogP contribution in [0.4, 0.5) is 0 Å². The summed E-state index contributed by atoms with van der Waals surface area (Å²) in [7, 11) is 0. The number of thioether (sulfide) groups is 1. The molecule has 0 spiro atoms. The molecule has 0 aromatic carbocycles. The van der Waals surface area contributed by atoms with Crippen LogP contribution in [0.15, 0.2) is 6.20 Å². The molecule has 17 heavy (non-hydrogen) atoms. The number of nitrogens with two attached hydrogens (primary N) is 1. The third-order valence-corrected chi connectivity index (χ3v) is 4.13. The standard InChI is InChI=1S/C11H21N5S/c1-11(2)9-15(5-6-17-11)7-10-8-16(4-3-12)14-13-10/h8H,3-7,9,12H2,1-2H3. The van der Waals surface area contributed by atoms with E-state index in [1.807, 2.05) is 22.6 Å². The lowest BCUT2D eigenvalue weighted by Gasteiger charge is -2.37. The Labute approximate surface area is 107 Å². The SMILES string of the molecule is CC1(C)CN(Cc2cn(CCN)nn2)CCS1. The van der Waals surface area contributed by atoms with Crippen LogP contribution in [0.25, 0.3) is 0 Å². The Morgan fingerprint density at radius 3 is 3.06 bits per heavy atom. The van der Waals surface area contributed by atoms with Crippen molar-refractivity contribution in [2.75, 3.05) is 25.4 Å². The van der Waals surface area contributed by atoms with Gasteiger partial charge in [-0.3, -0.25) is 9.58 Å². The fourth-order valence-corrected chi connectivity index (χ4v) is 3.31. The van der Waals surface area contributed by atoms with Crippen LogP contribution in [0.1, 0.15) is 19.5 Å². The van der Waals surface area contributed by atoms with Gasteiger partial charge in [0.2, 0.25) is 0 Å². The molecule has 96 valence electrons. The summed E-state index contributed by atoms with van der Waals surface area (Å²) < 4.78 is 2.17. The van der Waals surface area contributed by atoms with Crippen molar-refractivity contribution in [1.82, 2.24) is 19.9 Å². The van der Waals surface area contributed by atoms with Gasteiger partial charge in [0.15, 0.2) is 0 Å². The number of rotatable bonds is 4. The fraction of sp³-hybridized carbons (Fsp3) is 0.818. The number of nitrogens with zero attached hydrogens (tertiary/aromatic N) is 4. The predicted molar refractivity (Wildman–Crippen MR) is 70.9 cm³/mol. The van der Waals surface area contributed by atoms with Crippen molar-refractivity contribution in [3.8, 4) is 0 Å². The van der Waals surface area contributed by atoms with Crippen LogP contribution >= 0.6 is 11.8 Å². The summed E-state index contributed by atoms with van der Waals surface area (Å²) in [6.45, 7) is 9.10. The highest BCUT2D eigenvalue weighted by Crippen LogP contribution is 2.29. The van der Waals surface area contributed by atoms with Crippen LogP contribution < -0.4 is 5.73 Å². The van der Waals surface area contributed by atoms with Crippen LogP contribution in [0.3, 0.4) is 0 Å². The highest BCUT2D eigenvalue weighted by molar-refractivity contribution is 8.00. The molecule has 1 aliphatic rings. The van der Waals surface area contributed by atoms with Crippen LogP contribution in [-0.2, 0) is 13.1 Å². The Kier molecular flexibility index (Phi) is 4.06.